The molecule has 1 heteroatoms. The van der Waals surface area contributed by atoms with Gasteiger partial charge in [0.15, 0.2) is 0 Å². The van der Waals surface area contributed by atoms with Crippen LogP contribution in [0.2, 0.25) is 0 Å². The second-order valence-corrected chi connectivity index (χ2v) is 4.41. The maximum Gasteiger partial charge on any atom is 0.0332 e. The van der Waals surface area contributed by atoms with E-state index in [1.807, 2.05) is 0 Å². The van der Waals surface area contributed by atoms with Gasteiger partial charge in [-0.15, -0.1) is 0 Å². The molecule has 0 aromatic heterocycles. The first-order valence-corrected chi connectivity index (χ1v) is 5.57. The van der Waals surface area contributed by atoms with Gasteiger partial charge in [0.1, 0.15) is 0 Å². The van der Waals surface area contributed by atoms with E-state index < -0.39 is 0 Å². The standard InChI is InChI=1S/C14H15N/c1-10-2-3-11-4-5-12(9-13(11)8-10)14-6-7-15-14/h2-5,8-9,14-15H,6-7H2,1H3/t14-/m0/s1. The van der Waals surface area contributed by atoms with E-state index >= 15 is 0 Å². The zero-order chi connectivity index (χ0) is 10.3. The van der Waals surface area contributed by atoms with E-state index in [4.69, 9.17) is 0 Å². The SMILES string of the molecule is Cc1ccc2ccc([C@@H]3CCN3)cc2c1. The second-order valence-electron chi connectivity index (χ2n) is 4.41. The molecule has 2 aromatic carbocycles. The lowest BCUT2D eigenvalue weighted by atomic mass is 9.95. The predicted octanol–water partition coefficient (Wildman–Crippen LogP) is 3.18. The van der Waals surface area contributed by atoms with Crippen LogP contribution in [-0.4, -0.2) is 6.54 Å². The number of hydrogen-bond donors (Lipinski definition) is 1. The number of fused-ring (bicyclic) bond motifs is 1. The van der Waals surface area contributed by atoms with Crippen LogP contribution in [0.5, 0.6) is 0 Å². The average molecular weight is 197 g/mol. The highest BCUT2D eigenvalue weighted by atomic mass is 15.0. The fourth-order valence-corrected chi connectivity index (χ4v) is 2.17. The molecule has 1 N–H and O–H groups in total. The zero-order valence-electron chi connectivity index (χ0n) is 8.96. The molecular formula is C14H15N. The van der Waals surface area contributed by atoms with Gasteiger partial charge in [-0.3, -0.25) is 0 Å². The van der Waals surface area contributed by atoms with Crippen molar-refractivity contribution in [2.75, 3.05) is 6.54 Å². The first-order chi connectivity index (χ1) is 7.33. The minimum absolute atomic E-state index is 0.593. The molecule has 1 atom stereocenters. The lowest BCUT2D eigenvalue weighted by Gasteiger charge is -2.28. The highest BCUT2D eigenvalue weighted by Gasteiger charge is 2.18. The fraction of sp³-hybridized carbons (Fsp3) is 0.286. The Balaban J connectivity index is 2.11. The Hall–Kier alpha value is -1.34. The Bertz CT molecular complexity index is 498. The van der Waals surface area contributed by atoms with Crippen LogP contribution in [0.15, 0.2) is 36.4 Å². The Morgan fingerprint density at radius 1 is 1.07 bits per heavy atom. The molecule has 0 aliphatic carbocycles. The van der Waals surface area contributed by atoms with Crippen molar-refractivity contribution in [3.8, 4) is 0 Å². The second kappa shape index (κ2) is 3.35. The molecule has 2 aromatic rings. The Morgan fingerprint density at radius 2 is 1.87 bits per heavy atom. The summed E-state index contributed by atoms with van der Waals surface area (Å²) < 4.78 is 0. The third-order valence-electron chi connectivity index (χ3n) is 3.25. The molecule has 0 unspecified atom stereocenters. The van der Waals surface area contributed by atoms with Gasteiger partial charge >= 0.3 is 0 Å². The third-order valence-corrected chi connectivity index (χ3v) is 3.25. The molecule has 0 spiro atoms. The first-order valence-electron chi connectivity index (χ1n) is 5.57. The summed E-state index contributed by atoms with van der Waals surface area (Å²) in [5, 5.41) is 6.14. The largest absolute Gasteiger partial charge is 0.310 e. The van der Waals surface area contributed by atoms with Crippen LogP contribution < -0.4 is 5.32 Å². The normalized spacial score (nSPS) is 20.2. The molecule has 1 heterocycles. The summed E-state index contributed by atoms with van der Waals surface area (Å²) in [5.74, 6) is 0. The highest BCUT2D eigenvalue weighted by molar-refractivity contribution is 5.83. The number of nitrogens with one attached hydrogen (secondary N) is 1. The van der Waals surface area contributed by atoms with Gasteiger partial charge in [-0.25, -0.2) is 0 Å². The summed E-state index contributed by atoms with van der Waals surface area (Å²) in [6.45, 7) is 3.31. The van der Waals surface area contributed by atoms with Gasteiger partial charge < -0.3 is 5.32 Å². The summed E-state index contributed by atoms with van der Waals surface area (Å²) in [7, 11) is 0. The van der Waals surface area contributed by atoms with Gasteiger partial charge in [0.25, 0.3) is 0 Å². The van der Waals surface area contributed by atoms with E-state index in [0.717, 1.165) is 6.54 Å². The van der Waals surface area contributed by atoms with Crippen molar-refractivity contribution in [2.45, 2.75) is 19.4 Å². The quantitative estimate of drug-likeness (QED) is 0.740. The monoisotopic (exact) mass is 197 g/mol. The Kier molecular flexibility index (Phi) is 2.00. The summed E-state index contributed by atoms with van der Waals surface area (Å²) in [5.41, 5.74) is 2.76. The predicted molar refractivity (Wildman–Crippen MR) is 64.0 cm³/mol. The number of rotatable bonds is 1. The van der Waals surface area contributed by atoms with Crippen molar-refractivity contribution >= 4 is 10.8 Å². The number of benzene rings is 2. The topological polar surface area (TPSA) is 12.0 Å². The fourth-order valence-electron chi connectivity index (χ4n) is 2.17. The lowest BCUT2D eigenvalue weighted by Crippen LogP contribution is -2.34. The summed E-state index contributed by atoms with van der Waals surface area (Å²) in [6, 6.07) is 14.0. The van der Waals surface area contributed by atoms with Crippen molar-refractivity contribution in [3.63, 3.8) is 0 Å². The maximum absolute atomic E-state index is 3.44. The van der Waals surface area contributed by atoms with E-state index in [1.54, 1.807) is 0 Å². The number of aryl methyl sites for hydroxylation is 1. The van der Waals surface area contributed by atoms with E-state index in [-0.39, 0.29) is 0 Å². The van der Waals surface area contributed by atoms with Gasteiger partial charge in [-0.05, 0) is 42.3 Å². The van der Waals surface area contributed by atoms with Crippen LogP contribution in [0, 0.1) is 6.92 Å². The van der Waals surface area contributed by atoms with Crippen LogP contribution in [0.3, 0.4) is 0 Å². The molecule has 1 aliphatic rings. The molecule has 1 nitrogen and oxygen atoms in total. The lowest BCUT2D eigenvalue weighted by molar-refractivity contribution is 0.383. The molecule has 15 heavy (non-hydrogen) atoms. The van der Waals surface area contributed by atoms with Crippen LogP contribution >= 0.6 is 0 Å². The Morgan fingerprint density at radius 3 is 2.60 bits per heavy atom. The minimum atomic E-state index is 0.593. The van der Waals surface area contributed by atoms with E-state index in [2.05, 4.69) is 48.6 Å². The van der Waals surface area contributed by atoms with Crippen LogP contribution in [0.1, 0.15) is 23.6 Å². The third kappa shape index (κ3) is 1.53. The molecule has 0 bridgehead atoms. The van der Waals surface area contributed by atoms with E-state index in [9.17, 15) is 0 Å². The van der Waals surface area contributed by atoms with Crippen LogP contribution in [-0.2, 0) is 0 Å². The molecule has 76 valence electrons. The van der Waals surface area contributed by atoms with E-state index in [0.29, 0.717) is 6.04 Å². The molecule has 1 fully saturated rings. The van der Waals surface area contributed by atoms with Gasteiger partial charge in [-0.1, -0.05) is 35.9 Å². The van der Waals surface area contributed by atoms with Crippen molar-refractivity contribution in [1.82, 2.24) is 5.32 Å². The molecule has 1 aliphatic heterocycles. The van der Waals surface area contributed by atoms with Crippen molar-refractivity contribution in [3.05, 3.63) is 47.5 Å². The van der Waals surface area contributed by atoms with E-state index in [1.165, 1.54) is 28.3 Å². The van der Waals surface area contributed by atoms with Crippen molar-refractivity contribution in [2.24, 2.45) is 0 Å². The van der Waals surface area contributed by atoms with Crippen molar-refractivity contribution < 1.29 is 0 Å². The van der Waals surface area contributed by atoms with Crippen molar-refractivity contribution in [1.29, 1.82) is 0 Å². The molecule has 0 radical (unpaired) electrons. The van der Waals surface area contributed by atoms with Crippen LogP contribution in [0.25, 0.3) is 10.8 Å². The summed E-state index contributed by atoms with van der Waals surface area (Å²) in [4.78, 5) is 0. The van der Waals surface area contributed by atoms with Gasteiger partial charge in [0.2, 0.25) is 0 Å². The summed E-state index contributed by atoms with van der Waals surface area (Å²) >= 11 is 0. The highest BCUT2D eigenvalue weighted by Crippen LogP contribution is 2.26. The minimum Gasteiger partial charge on any atom is -0.310 e. The van der Waals surface area contributed by atoms with Gasteiger partial charge in [-0.2, -0.15) is 0 Å². The average Bonchev–Trinajstić information content (AvgIpc) is 2.14. The molecular weight excluding hydrogens is 182 g/mol. The number of hydrogen-bond acceptors (Lipinski definition) is 1. The van der Waals surface area contributed by atoms with Gasteiger partial charge in [0.05, 0.1) is 0 Å². The molecule has 0 saturated carbocycles. The molecule has 1 saturated heterocycles. The molecule has 0 amide bonds. The van der Waals surface area contributed by atoms with Gasteiger partial charge in [0, 0.05) is 6.04 Å². The zero-order valence-corrected chi connectivity index (χ0v) is 8.96. The first kappa shape index (κ1) is 8.93. The van der Waals surface area contributed by atoms with Crippen LogP contribution in [0.4, 0.5) is 0 Å². The Labute approximate surface area is 90.1 Å². The smallest absolute Gasteiger partial charge is 0.0332 e. The summed E-state index contributed by atoms with van der Waals surface area (Å²) in [6.07, 6.45) is 1.28. The molecule has 3 rings (SSSR count). The maximum atomic E-state index is 3.44.